The highest BCUT2D eigenvalue weighted by Crippen LogP contribution is 2.23. The van der Waals surface area contributed by atoms with Crippen molar-refractivity contribution in [3.8, 4) is 0 Å². The average molecular weight is 252 g/mol. The van der Waals surface area contributed by atoms with Crippen LogP contribution in [-0.4, -0.2) is 16.6 Å². The van der Waals surface area contributed by atoms with Crippen LogP contribution in [0.15, 0.2) is 12.7 Å². The third-order valence-corrected chi connectivity index (χ3v) is 3.18. The van der Waals surface area contributed by atoms with Gasteiger partial charge in [-0.1, -0.05) is 28.7 Å². The topological polar surface area (TPSA) is 9.23 Å². The fourth-order valence-corrected chi connectivity index (χ4v) is 2.12. The van der Waals surface area contributed by atoms with Gasteiger partial charge in [-0.2, -0.15) is 0 Å². The smallest absolute Gasteiger partial charge is 0.0726 e. The van der Waals surface area contributed by atoms with Gasteiger partial charge in [-0.25, -0.2) is 0 Å². The fraction of sp³-hybridized carbons (Fsp3) is 0.750. The van der Waals surface area contributed by atoms with Gasteiger partial charge in [-0.3, -0.25) is 0 Å². The molecule has 0 aliphatic carbocycles. The van der Waals surface area contributed by atoms with Gasteiger partial charge in [-0.15, -0.1) is 6.58 Å². The van der Waals surface area contributed by atoms with Crippen LogP contribution < -0.4 is 0 Å². The van der Waals surface area contributed by atoms with E-state index >= 15 is 0 Å². The van der Waals surface area contributed by atoms with E-state index in [0.29, 0.717) is 10.0 Å². The van der Waals surface area contributed by atoms with Crippen LogP contribution in [0.5, 0.6) is 0 Å². The first-order valence-electron chi connectivity index (χ1n) is 3.71. The summed E-state index contributed by atoms with van der Waals surface area (Å²) in [4.78, 5) is 0. The SMILES string of the molecule is C=CC[C@@H]1OCCC[C@H]1I. The van der Waals surface area contributed by atoms with Crippen molar-refractivity contribution >= 4 is 22.6 Å². The Hall–Kier alpha value is 0.430. The molecule has 0 bridgehead atoms. The van der Waals surface area contributed by atoms with Crippen molar-refractivity contribution in [1.82, 2.24) is 0 Å². The van der Waals surface area contributed by atoms with Crippen molar-refractivity contribution in [2.45, 2.75) is 29.3 Å². The molecule has 2 atom stereocenters. The highest BCUT2D eigenvalue weighted by atomic mass is 127. The van der Waals surface area contributed by atoms with Crippen molar-refractivity contribution in [1.29, 1.82) is 0 Å². The van der Waals surface area contributed by atoms with Crippen LogP contribution in [0.1, 0.15) is 19.3 Å². The van der Waals surface area contributed by atoms with Gasteiger partial charge in [-0.05, 0) is 19.3 Å². The van der Waals surface area contributed by atoms with Crippen molar-refractivity contribution in [2.75, 3.05) is 6.61 Å². The van der Waals surface area contributed by atoms with Crippen LogP contribution >= 0.6 is 22.6 Å². The first kappa shape index (κ1) is 8.53. The molecule has 1 aliphatic heterocycles. The molecule has 0 unspecified atom stereocenters. The molecule has 0 N–H and O–H groups in total. The third-order valence-electron chi connectivity index (χ3n) is 1.76. The Morgan fingerprint density at radius 1 is 1.70 bits per heavy atom. The lowest BCUT2D eigenvalue weighted by Gasteiger charge is -2.26. The number of rotatable bonds is 2. The zero-order chi connectivity index (χ0) is 7.40. The molecule has 2 heteroatoms. The first-order valence-corrected chi connectivity index (χ1v) is 4.95. The van der Waals surface area contributed by atoms with Gasteiger partial charge < -0.3 is 4.74 Å². The highest BCUT2D eigenvalue weighted by molar-refractivity contribution is 14.1. The Morgan fingerprint density at radius 2 is 2.50 bits per heavy atom. The maximum atomic E-state index is 5.55. The molecular formula is C8H13IO. The Kier molecular flexibility index (Phi) is 3.70. The molecule has 0 radical (unpaired) electrons. The normalized spacial score (nSPS) is 33.7. The molecule has 10 heavy (non-hydrogen) atoms. The lowest BCUT2D eigenvalue weighted by atomic mass is 10.1. The van der Waals surface area contributed by atoms with E-state index in [1.54, 1.807) is 0 Å². The lowest BCUT2D eigenvalue weighted by molar-refractivity contribution is 0.0273. The van der Waals surface area contributed by atoms with E-state index in [4.69, 9.17) is 4.74 Å². The van der Waals surface area contributed by atoms with E-state index in [1.165, 1.54) is 12.8 Å². The van der Waals surface area contributed by atoms with E-state index in [1.807, 2.05) is 6.08 Å². The van der Waals surface area contributed by atoms with Crippen LogP contribution in [0.2, 0.25) is 0 Å². The van der Waals surface area contributed by atoms with E-state index in [-0.39, 0.29) is 0 Å². The zero-order valence-corrected chi connectivity index (χ0v) is 8.21. The van der Waals surface area contributed by atoms with Crippen molar-refractivity contribution in [3.63, 3.8) is 0 Å². The molecule has 1 fully saturated rings. The highest BCUT2D eigenvalue weighted by Gasteiger charge is 2.21. The minimum Gasteiger partial charge on any atom is -0.377 e. The Morgan fingerprint density at radius 3 is 3.10 bits per heavy atom. The largest absolute Gasteiger partial charge is 0.377 e. The maximum absolute atomic E-state index is 5.55. The molecule has 1 heterocycles. The molecule has 0 amide bonds. The molecule has 1 aliphatic rings. The number of halogens is 1. The zero-order valence-electron chi connectivity index (χ0n) is 6.05. The van der Waals surface area contributed by atoms with E-state index < -0.39 is 0 Å². The summed E-state index contributed by atoms with van der Waals surface area (Å²) in [5.74, 6) is 0. The average Bonchev–Trinajstić information content (AvgIpc) is 1.94. The summed E-state index contributed by atoms with van der Waals surface area (Å²) in [6.07, 6.45) is 5.92. The molecule has 0 aromatic heterocycles. The molecule has 1 saturated heterocycles. The van der Waals surface area contributed by atoms with Crippen LogP contribution in [0, 0.1) is 0 Å². The number of hydrogen-bond donors (Lipinski definition) is 0. The van der Waals surface area contributed by atoms with E-state index in [0.717, 1.165) is 13.0 Å². The van der Waals surface area contributed by atoms with Crippen LogP contribution in [0.3, 0.4) is 0 Å². The second-order valence-corrected chi connectivity index (χ2v) is 4.19. The second kappa shape index (κ2) is 4.34. The lowest BCUT2D eigenvalue weighted by Crippen LogP contribution is -2.28. The van der Waals surface area contributed by atoms with Gasteiger partial charge in [0, 0.05) is 10.5 Å². The van der Waals surface area contributed by atoms with Gasteiger partial charge in [0.2, 0.25) is 0 Å². The summed E-state index contributed by atoms with van der Waals surface area (Å²) in [5, 5.41) is 0. The molecule has 1 nitrogen and oxygen atoms in total. The monoisotopic (exact) mass is 252 g/mol. The predicted molar refractivity (Wildman–Crippen MR) is 51.6 cm³/mol. The van der Waals surface area contributed by atoms with Crippen LogP contribution in [-0.2, 0) is 4.74 Å². The molecule has 0 saturated carbocycles. The minimum absolute atomic E-state index is 0.437. The minimum atomic E-state index is 0.437. The van der Waals surface area contributed by atoms with Crippen molar-refractivity contribution in [2.24, 2.45) is 0 Å². The molecule has 0 aromatic carbocycles. The first-order chi connectivity index (χ1) is 4.84. The van der Waals surface area contributed by atoms with Crippen LogP contribution in [0.4, 0.5) is 0 Å². The molecule has 0 spiro atoms. The van der Waals surface area contributed by atoms with E-state index in [9.17, 15) is 0 Å². The maximum Gasteiger partial charge on any atom is 0.0726 e. The molecule has 58 valence electrons. The summed E-state index contributed by atoms with van der Waals surface area (Å²) in [5.41, 5.74) is 0. The Bertz CT molecular complexity index is 114. The Balaban J connectivity index is 2.32. The van der Waals surface area contributed by atoms with Gasteiger partial charge >= 0.3 is 0 Å². The fourth-order valence-electron chi connectivity index (χ4n) is 1.18. The number of alkyl halides is 1. The Labute approximate surface area is 76.0 Å². The van der Waals surface area contributed by atoms with Crippen molar-refractivity contribution in [3.05, 3.63) is 12.7 Å². The van der Waals surface area contributed by atoms with Crippen molar-refractivity contribution < 1.29 is 4.74 Å². The molecule has 1 rings (SSSR count). The van der Waals surface area contributed by atoms with Gasteiger partial charge in [0.15, 0.2) is 0 Å². The summed E-state index contributed by atoms with van der Waals surface area (Å²) < 4.78 is 6.25. The summed E-state index contributed by atoms with van der Waals surface area (Å²) in [7, 11) is 0. The quantitative estimate of drug-likeness (QED) is 0.417. The van der Waals surface area contributed by atoms with Gasteiger partial charge in [0.1, 0.15) is 0 Å². The number of ether oxygens (including phenoxy) is 1. The van der Waals surface area contributed by atoms with E-state index in [2.05, 4.69) is 29.2 Å². The number of hydrogen-bond acceptors (Lipinski definition) is 1. The second-order valence-electron chi connectivity index (χ2n) is 2.59. The molecular weight excluding hydrogens is 239 g/mol. The predicted octanol–water partition coefficient (Wildman–Crippen LogP) is 2.55. The standard InChI is InChI=1S/C8H13IO/c1-2-4-8-7(9)5-3-6-10-8/h2,7-8H,1,3-6H2/t7-,8+/m1/s1. The molecule has 0 aromatic rings. The summed E-state index contributed by atoms with van der Waals surface area (Å²) >= 11 is 2.47. The summed E-state index contributed by atoms with van der Waals surface area (Å²) in [6.45, 7) is 4.65. The van der Waals surface area contributed by atoms with Gasteiger partial charge in [0.25, 0.3) is 0 Å². The van der Waals surface area contributed by atoms with Crippen LogP contribution in [0.25, 0.3) is 0 Å². The van der Waals surface area contributed by atoms with Gasteiger partial charge in [0.05, 0.1) is 6.10 Å². The third kappa shape index (κ3) is 2.23. The summed E-state index contributed by atoms with van der Waals surface area (Å²) in [6, 6.07) is 0.